The highest BCUT2D eigenvalue weighted by Gasteiger charge is 2.16. The number of aromatic nitrogens is 4. The van der Waals surface area contributed by atoms with E-state index in [1.165, 1.54) is 23.0 Å². The summed E-state index contributed by atoms with van der Waals surface area (Å²) in [5.74, 6) is 0.568. The second-order valence-corrected chi connectivity index (χ2v) is 5.83. The first-order valence-corrected chi connectivity index (χ1v) is 7.29. The van der Waals surface area contributed by atoms with Crippen LogP contribution in [-0.2, 0) is 10.0 Å². The lowest BCUT2D eigenvalue weighted by atomic mass is 10.4. The first kappa shape index (κ1) is 12.5. The first-order valence-electron chi connectivity index (χ1n) is 5.81. The van der Waals surface area contributed by atoms with E-state index < -0.39 is 10.0 Å². The van der Waals surface area contributed by atoms with Gasteiger partial charge in [0.05, 0.1) is 5.69 Å². The van der Waals surface area contributed by atoms with E-state index in [2.05, 4.69) is 19.8 Å². The van der Waals surface area contributed by atoms with Crippen LogP contribution in [-0.4, -0.2) is 28.0 Å². The molecule has 102 valence electrons. The van der Waals surface area contributed by atoms with Gasteiger partial charge in [-0.25, -0.2) is 17.9 Å². The van der Waals surface area contributed by atoms with Gasteiger partial charge in [0.1, 0.15) is 10.7 Å². The molecule has 8 heteroatoms. The van der Waals surface area contributed by atoms with E-state index in [1.54, 1.807) is 31.3 Å². The molecule has 0 aliphatic heterocycles. The third-order valence-corrected chi connectivity index (χ3v) is 4.01. The van der Waals surface area contributed by atoms with Gasteiger partial charge in [-0.15, -0.1) is 0 Å². The minimum absolute atomic E-state index is 0.0956. The highest BCUT2D eigenvalue weighted by molar-refractivity contribution is 7.92. The maximum absolute atomic E-state index is 12.2. The molecule has 0 saturated carbocycles. The molecular weight excluding hydrogens is 278 g/mol. The molecule has 0 spiro atoms. The average Bonchev–Trinajstić information content (AvgIpc) is 2.81. The third kappa shape index (κ3) is 2.21. The van der Waals surface area contributed by atoms with Gasteiger partial charge in [0, 0.05) is 18.6 Å². The summed E-state index contributed by atoms with van der Waals surface area (Å²) in [6.45, 7) is 1.74. The minimum atomic E-state index is -3.69. The molecule has 0 aromatic carbocycles. The van der Waals surface area contributed by atoms with Crippen molar-refractivity contribution in [2.45, 2.75) is 11.8 Å². The zero-order valence-electron chi connectivity index (χ0n) is 10.6. The van der Waals surface area contributed by atoms with Crippen molar-refractivity contribution in [1.82, 2.24) is 19.6 Å². The predicted molar refractivity (Wildman–Crippen MR) is 72.8 cm³/mol. The molecular formula is C12H11N5O2S. The average molecular weight is 289 g/mol. The summed E-state index contributed by atoms with van der Waals surface area (Å²) in [6, 6.07) is 6.38. The molecule has 3 aromatic heterocycles. The minimum Gasteiger partial charge on any atom is -0.276 e. The summed E-state index contributed by atoms with van der Waals surface area (Å²) in [5.41, 5.74) is 0.828. The van der Waals surface area contributed by atoms with Gasteiger partial charge in [-0.1, -0.05) is 0 Å². The normalized spacial score (nSPS) is 11.7. The lowest BCUT2D eigenvalue weighted by molar-refractivity contribution is 0.601. The Morgan fingerprint density at radius 1 is 1.25 bits per heavy atom. The van der Waals surface area contributed by atoms with Gasteiger partial charge in [0.15, 0.2) is 5.65 Å². The topological polar surface area (TPSA) is 89.2 Å². The van der Waals surface area contributed by atoms with Crippen LogP contribution in [0.4, 0.5) is 5.69 Å². The van der Waals surface area contributed by atoms with Crippen LogP contribution in [0.3, 0.4) is 0 Å². The van der Waals surface area contributed by atoms with Crippen molar-refractivity contribution in [1.29, 1.82) is 0 Å². The van der Waals surface area contributed by atoms with E-state index in [9.17, 15) is 8.42 Å². The fourth-order valence-electron chi connectivity index (χ4n) is 1.80. The number of aryl methyl sites for hydroxylation is 1. The quantitative estimate of drug-likeness (QED) is 0.783. The molecule has 0 fully saturated rings. The van der Waals surface area contributed by atoms with Gasteiger partial charge in [-0.2, -0.15) is 5.10 Å². The SMILES string of the molecule is Cc1nc2c(NS(=O)(=O)c3cccnc3)cccn2n1. The van der Waals surface area contributed by atoms with Crippen LogP contribution in [0.25, 0.3) is 5.65 Å². The van der Waals surface area contributed by atoms with Gasteiger partial charge < -0.3 is 0 Å². The van der Waals surface area contributed by atoms with Crippen LogP contribution in [0.2, 0.25) is 0 Å². The number of hydrogen-bond acceptors (Lipinski definition) is 5. The Kier molecular flexibility index (Phi) is 2.87. The maximum Gasteiger partial charge on any atom is 0.263 e. The van der Waals surface area contributed by atoms with Crippen molar-refractivity contribution in [3.05, 3.63) is 48.7 Å². The lowest BCUT2D eigenvalue weighted by Crippen LogP contribution is -2.14. The number of anilines is 1. The summed E-state index contributed by atoms with van der Waals surface area (Å²) in [4.78, 5) is 8.10. The van der Waals surface area contributed by atoms with Crippen molar-refractivity contribution in [3.63, 3.8) is 0 Å². The second kappa shape index (κ2) is 4.57. The van der Waals surface area contributed by atoms with Gasteiger partial charge in [0.25, 0.3) is 10.0 Å². The van der Waals surface area contributed by atoms with E-state index in [0.717, 1.165) is 0 Å². The fraction of sp³-hybridized carbons (Fsp3) is 0.0833. The number of fused-ring (bicyclic) bond motifs is 1. The van der Waals surface area contributed by atoms with Gasteiger partial charge >= 0.3 is 0 Å². The van der Waals surface area contributed by atoms with Crippen molar-refractivity contribution < 1.29 is 8.42 Å². The van der Waals surface area contributed by atoms with Crippen LogP contribution < -0.4 is 4.72 Å². The Bertz CT molecular complexity index is 858. The molecule has 7 nitrogen and oxygen atoms in total. The first-order chi connectivity index (χ1) is 9.56. The van der Waals surface area contributed by atoms with Crippen molar-refractivity contribution >= 4 is 21.4 Å². The van der Waals surface area contributed by atoms with Crippen molar-refractivity contribution in [2.24, 2.45) is 0 Å². The standard InChI is InChI=1S/C12H11N5O2S/c1-9-14-12-11(5-3-7-17(12)15-9)16-20(18,19)10-4-2-6-13-8-10/h2-8,16H,1H3. The number of nitrogens with zero attached hydrogens (tertiary/aromatic N) is 4. The largest absolute Gasteiger partial charge is 0.276 e. The maximum atomic E-state index is 12.2. The highest BCUT2D eigenvalue weighted by atomic mass is 32.2. The predicted octanol–water partition coefficient (Wildman–Crippen LogP) is 1.23. The Hall–Kier alpha value is -2.48. The molecule has 0 aliphatic carbocycles. The van der Waals surface area contributed by atoms with E-state index in [1.807, 2.05) is 0 Å². The van der Waals surface area contributed by atoms with E-state index in [4.69, 9.17) is 0 Å². The summed E-state index contributed by atoms with van der Waals surface area (Å²) >= 11 is 0. The van der Waals surface area contributed by atoms with Crippen LogP contribution in [0, 0.1) is 6.92 Å². The summed E-state index contributed by atoms with van der Waals surface area (Å²) in [5, 5.41) is 4.13. The summed E-state index contributed by atoms with van der Waals surface area (Å²) in [7, 11) is -3.69. The van der Waals surface area contributed by atoms with Crippen LogP contribution >= 0.6 is 0 Å². The molecule has 3 heterocycles. The second-order valence-electron chi connectivity index (χ2n) is 4.14. The highest BCUT2D eigenvalue weighted by Crippen LogP contribution is 2.19. The smallest absolute Gasteiger partial charge is 0.263 e. The third-order valence-electron chi connectivity index (χ3n) is 2.66. The molecule has 0 bridgehead atoms. The number of rotatable bonds is 3. The van der Waals surface area contributed by atoms with Gasteiger partial charge in [-0.05, 0) is 31.2 Å². The Morgan fingerprint density at radius 3 is 2.85 bits per heavy atom. The molecule has 0 unspecified atom stereocenters. The molecule has 0 aliphatic rings. The van der Waals surface area contributed by atoms with Crippen LogP contribution in [0.5, 0.6) is 0 Å². The molecule has 1 N–H and O–H groups in total. The van der Waals surface area contributed by atoms with E-state index >= 15 is 0 Å². The number of nitrogens with one attached hydrogen (secondary N) is 1. The van der Waals surface area contributed by atoms with Gasteiger partial charge in [-0.3, -0.25) is 9.71 Å². The van der Waals surface area contributed by atoms with Crippen LogP contribution in [0.15, 0.2) is 47.8 Å². The Labute approximate surface area is 115 Å². The lowest BCUT2D eigenvalue weighted by Gasteiger charge is -2.07. The van der Waals surface area contributed by atoms with Crippen molar-refractivity contribution in [2.75, 3.05) is 4.72 Å². The zero-order chi connectivity index (χ0) is 14.2. The van der Waals surface area contributed by atoms with Crippen LogP contribution in [0.1, 0.15) is 5.82 Å². The molecule has 0 saturated heterocycles. The number of hydrogen-bond donors (Lipinski definition) is 1. The molecule has 3 aromatic rings. The molecule has 20 heavy (non-hydrogen) atoms. The fourth-order valence-corrected chi connectivity index (χ4v) is 2.83. The molecule has 0 radical (unpaired) electrons. The Morgan fingerprint density at radius 2 is 2.10 bits per heavy atom. The van der Waals surface area contributed by atoms with E-state index in [0.29, 0.717) is 17.2 Å². The molecule has 0 atom stereocenters. The number of sulfonamides is 1. The van der Waals surface area contributed by atoms with E-state index in [-0.39, 0.29) is 4.90 Å². The monoisotopic (exact) mass is 289 g/mol. The van der Waals surface area contributed by atoms with Gasteiger partial charge in [0.2, 0.25) is 0 Å². The zero-order valence-corrected chi connectivity index (χ0v) is 11.4. The molecule has 0 amide bonds. The summed E-state index contributed by atoms with van der Waals surface area (Å²) in [6.07, 6.45) is 4.51. The summed E-state index contributed by atoms with van der Waals surface area (Å²) < 4.78 is 28.5. The van der Waals surface area contributed by atoms with Crippen molar-refractivity contribution in [3.8, 4) is 0 Å². The Balaban J connectivity index is 2.05. The molecule has 3 rings (SSSR count). The number of pyridine rings is 2.